The first-order valence-electron chi connectivity index (χ1n) is 4.54. The van der Waals surface area contributed by atoms with Crippen molar-refractivity contribution in [3.63, 3.8) is 0 Å². The SMILES string of the molecule is Cl.O=C(O)C12C3C4C5C3C1C5C42. The largest absolute Gasteiger partial charge is 0.481 e. The Bertz CT molecular complexity index is 287. The van der Waals surface area contributed by atoms with Crippen molar-refractivity contribution in [2.75, 3.05) is 0 Å². The van der Waals surface area contributed by atoms with Gasteiger partial charge in [-0.15, -0.1) is 12.4 Å². The van der Waals surface area contributed by atoms with E-state index in [4.69, 9.17) is 5.11 Å². The van der Waals surface area contributed by atoms with Crippen LogP contribution in [0.5, 0.6) is 0 Å². The first kappa shape index (κ1) is 6.25. The third-order valence-electron chi connectivity index (χ3n) is 5.85. The maximum absolute atomic E-state index is 11.0. The van der Waals surface area contributed by atoms with Crippen LogP contribution in [-0.2, 0) is 4.79 Å². The highest BCUT2D eigenvalue weighted by Gasteiger charge is 3.06. The van der Waals surface area contributed by atoms with Crippen molar-refractivity contribution >= 4 is 18.4 Å². The Hall–Kier alpha value is -0.240. The summed E-state index contributed by atoms with van der Waals surface area (Å²) in [6.07, 6.45) is 0. The molecule has 0 aromatic carbocycles. The number of hydrogen-bond acceptors (Lipinski definition) is 1. The maximum Gasteiger partial charge on any atom is 0.310 e. The van der Waals surface area contributed by atoms with Crippen LogP contribution >= 0.6 is 12.4 Å². The summed E-state index contributed by atoms with van der Waals surface area (Å²) in [5.74, 6) is 5.32. The minimum Gasteiger partial charge on any atom is -0.481 e. The fraction of sp³-hybridized carbons (Fsp3) is 0.889. The molecule has 6 aliphatic carbocycles. The Morgan fingerprint density at radius 3 is 1.67 bits per heavy atom. The fourth-order valence-corrected chi connectivity index (χ4v) is 5.86. The van der Waals surface area contributed by atoms with Gasteiger partial charge in [-0.1, -0.05) is 0 Å². The molecule has 1 N–H and O–H groups in total. The summed E-state index contributed by atoms with van der Waals surface area (Å²) >= 11 is 0. The summed E-state index contributed by atoms with van der Waals surface area (Å²) < 4.78 is 0. The van der Waals surface area contributed by atoms with Gasteiger partial charge in [0.15, 0.2) is 0 Å². The molecule has 6 aliphatic rings. The molecule has 6 saturated carbocycles. The minimum atomic E-state index is -0.459. The molecule has 0 bridgehead atoms. The van der Waals surface area contributed by atoms with Gasteiger partial charge < -0.3 is 5.11 Å². The van der Waals surface area contributed by atoms with E-state index in [1.807, 2.05) is 0 Å². The van der Waals surface area contributed by atoms with Crippen molar-refractivity contribution in [2.24, 2.45) is 46.8 Å². The Labute approximate surface area is 75.7 Å². The molecule has 0 aromatic rings. The van der Waals surface area contributed by atoms with Crippen molar-refractivity contribution in [3.05, 3.63) is 0 Å². The van der Waals surface area contributed by atoms with Gasteiger partial charge >= 0.3 is 5.97 Å². The highest BCUT2D eigenvalue weighted by atomic mass is 35.5. The topological polar surface area (TPSA) is 37.3 Å². The molecule has 12 heavy (non-hydrogen) atoms. The van der Waals surface area contributed by atoms with E-state index in [1.165, 1.54) is 0 Å². The van der Waals surface area contributed by atoms with Crippen molar-refractivity contribution in [1.29, 1.82) is 0 Å². The molecule has 0 unspecified atom stereocenters. The zero-order valence-corrected chi connectivity index (χ0v) is 7.12. The lowest BCUT2D eigenvalue weighted by atomic mass is 8.96. The molecule has 0 aromatic heterocycles. The molecular formula is C9H9ClO2. The summed E-state index contributed by atoms with van der Waals surface area (Å²) in [4.78, 5) is 11.0. The molecule has 0 aliphatic heterocycles. The summed E-state index contributed by atoms with van der Waals surface area (Å²) in [6, 6.07) is 0. The standard InChI is InChI=1S/C9H8O2.ClH/c10-8(11)9-5-2-1-3(5)7(9)4(1)6(2)9;/h1-7H,(H,10,11);1H. The third kappa shape index (κ3) is 0.210. The van der Waals surface area contributed by atoms with E-state index < -0.39 is 5.97 Å². The van der Waals surface area contributed by atoms with Crippen LogP contribution in [-0.4, -0.2) is 11.1 Å². The lowest BCUT2D eigenvalue weighted by Gasteiger charge is -3.06. The van der Waals surface area contributed by atoms with Gasteiger partial charge in [-0.05, 0) is 41.4 Å². The molecule has 3 heteroatoms. The third-order valence-corrected chi connectivity index (χ3v) is 5.85. The summed E-state index contributed by atoms with van der Waals surface area (Å²) in [5.41, 5.74) is -0.116. The van der Waals surface area contributed by atoms with Gasteiger partial charge in [-0.3, -0.25) is 4.79 Å². The van der Waals surface area contributed by atoms with E-state index in [-0.39, 0.29) is 17.8 Å². The molecule has 0 heterocycles. The van der Waals surface area contributed by atoms with Gasteiger partial charge in [-0.25, -0.2) is 0 Å². The van der Waals surface area contributed by atoms with Gasteiger partial charge in [-0.2, -0.15) is 0 Å². The zero-order chi connectivity index (χ0) is 7.12. The molecule has 0 saturated heterocycles. The van der Waals surface area contributed by atoms with E-state index in [9.17, 15) is 4.79 Å². The Morgan fingerprint density at radius 2 is 1.42 bits per heavy atom. The van der Waals surface area contributed by atoms with Crippen molar-refractivity contribution < 1.29 is 9.90 Å². The number of carboxylic acid groups (broad SMARTS) is 1. The van der Waals surface area contributed by atoms with Crippen LogP contribution in [0.3, 0.4) is 0 Å². The molecule has 0 atom stereocenters. The second kappa shape index (κ2) is 1.16. The fourth-order valence-electron chi connectivity index (χ4n) is 5.86. The summed E-state index contributed by atoms with van der Waals surface area (Å²) in [7, 11) is 0. The number of halogens is 1. The van der Waals surface area contributed by atoms with Crippen LogP contribution in [0.15, 0.2) is 0 Å². The Kier molecular flexibility index (Phi) is 0.603. The molecule has 0 spiro atoms. The van der Waals surface area contributed by atoms with E-state index in [2.05, 4.69) is 0 Å². The summed E-state index contributed by atoms with van der Waals surface area (Å²) in [6.45, 7) is 0. The van der Waals surface area contributed by atoms with Crippen LogP contribution in [0.1, 0.15) is 0 Å². The number of hydrogen-bond donors (Lipinski definition) is 1. The number of rotatable bonds is 1. The van der Waals surface area contributed by atoms with Gasteiger partial charge in [0.1, 0.15) is 0 Å². The van der Waals surface area contributed by atoms with E-state index >= 15 is 0 Å². The minimum absolute atomic E-state index is 0. The predicted molar refractivity (Wildman–Crippen MR) is 41.7 cm³/mol. The predicted octanol–water partition coefficient (Wildman–Crippen LogP) is 0.861. The average molecular weight is 185 g/mol. The molecular weight excluding hydrogens is 176 g/mol. The average Bonchev–Trinajstić information content (AvgIpc) is 2.05. The smallest absolute Gasteiger partial charge is 0.310 e. The lowest BCUT2D eigenvalue weighted by molar-refractivity contribution is -0.598. The zero-order valence-electron chi connectivity index (χ0n) is 6.31. The molecule has 0 radical (unpaired) electrons. The van der Waals surface area contributed by atoms with E-state index in [1.54, 1.807) is 0 Å². The van der Waals surface area contributed by atoms with Crippen molar-refractivity contribution in [2.45, 2.75) is 0 Å². The molecule has 2 nitrogen and oxygen atoms in total. The van der Waals surface area contributed by atoms with Crippen molar-refractivity contribution in [3.8, 4) is 0 Å². The first-order valence-corrected chi connectivity index (χ1v) is 4.54. The van der Waals surface area contributed by atoms with Crippen LogP contribution in [0, 0.1) is 46.8 Å². The maximum atomic E-state index is 11.0. The highest BCUT2D eigenvalue weighted by molar-refractivity contribution is 5.86. The van der Waals surface area contributed by atoms with Gasteiger partial charge in [0.05, 0.1) is 5.41 Å². The molecule has 6 rings (SSSR count). The van der Waals surface area contributed by atoms with E-state index in [0.717, 1.165) is 23.7 Å². The van der Waals surface area contributed by atoms with Crippen molar-refractivity contribution in [1.82, 2.24) is 0 Å². The second-order valence-corrected chi connectivity index (χ2v) is 5.12. The summed E-state index contributed by atoms with van der Waals surface area (Å²) in [5, 5.41) is 9.06. The van der Waals surface area contributed by atoms with Crippen LogP contribution < -0.4 is 0 Å². The monoisotopic (exact) mass is 184 g/mol. The Balaban J connectivity index is 0.000000450. The number of carboxylic acids is 1. The normalized spacial score (nSPS) is 80.8. The first-order chi connectivity index (χ1) is 5.31. The number of aliphatic carboxylic acids is 1. The van der Waals surface area contributed by atoms with Crippen LogP contribution in [0.4, 0.5) is 0 Å². The van der Waals surface area contributed by atoms with Gasteiger partial charge in [0, 0.05) is 0 Å². The van der Waals surface area contributed by atoms with Gasteiger partial charge in [0.2, 0.25) is 0 Å². The van der Waals surface area contributed by atoms with Gasteiger partial charge in [0.25, 0.3) is 0 Å². The highest BCUT2D eigenvalue weighted by Crippen LogP contribution is 3.05. The lowest BCUT2D eigenvalue weighted by Crippen LogP contribution is -3.06. The van der Waals surface area contributed by atoms with Crippen LogP contribution in [0.2, 0.25) is 0 Å². The molecule has 64 valence electrons. The number of carbonyl (C=O) groups is 1. The van der Waals surface area contributed by atoms with E-state index in [0.29, 0.717) is 17.8 Å². The molecule has 0 amide bonds. The van der Waals surface area contributed by atoms with Crippen LogP contribution in [0.25, 0.3) is 0 Å². The second-order valence-electron chi connectivity index (χ2n) is 5.12. The molecule has 6 fully saturated rings. The Morgan fingerprint density at radius 1 is 1.00 bits per heavy atom. The quantitative estimate of drug-likeness (QED) is 0.657.